The van der Waals surface area contributed by atoms with Gasteiger partial charge in [-0.25, -0.2) is 0 Å². The van der Waals surface area contributed by atoms with Gasteiger partial charge in [-0.2, -0.15) is 9.36 Å². The molecule has 7 heteroatoms. The molecule has 0 fully saturated rings. The van der Waals surface area contributed by atoms with E-state index in [1.807, 2.05) is 30.3 Å². The van der Waals surface area contributed by atoms with Crippen molar-refractivity contribution in [1.82, 2.24) is 9.36 Å². The van der Waals surface area contributed by atoms with Gasteiger partial charge in [-0.05, 0) is 28.1 Å². The number of carbonyl (C=O) groups excluding carboxylic acids is 1. The highest BCUT2D eigenvalue weighted by Gasteiger charge is 2.13. The van der Waals surface area contributed by atoms with Gasteiger partial charge in [0, 0.05) is 17.1 Å². The highest BCUT2D eigenvalue weighted by molar-refractivity contribution is 9.10. The van der Waals surface area contributed by atoms with Crippen LogP contribution in [0, 0.1) is 0 Å². The highest BCUT2D eigenvalue weighted by Crippen LogP contribution is 2.21. The van der Waals surface area contributed by atoms with Crippen LogP contribution >= 0.6 is 27.5 Å². The van der Waals surface area contributed by atoms with Crippen LogP contribution in [0.15, 0.2) is 51.6 Å². The molecule has 2 heterocycles. The number of rotatable bonds is 3. The Morgan fingerprint density at radius 1 is 1.20 bits per heavy atom. The van der Waals surface area contributed by atoms with E-state index in [2.05, 4.69) is 30.6 Å². The van der Waals surface area contributed by atoms with Crippen LogP contribution in [0.25, 0.3) is 11.4 Å². The second kappa shape index (κ2) is 5.56. The highest BCUT2D eigenvalue weighted by atomic mass is 79.9. The molecule has 1 amide bonds. The van der Waals surface area contributed by atoms with E-state index in [0.717, 1.165) is 17.1 Å². The van der Waals surface area contributed by atoms with Crippen LogP contribution < -0.4 is 5.32 Å². The molecule has 0 spiro atoms. The second-order valence-electron chi connectivity index (χ2n) is 3.85. The molecule has 0 atom stereocenters. The van der Waals surface area contributed by atoms with Crippen LogP contribution in [0.3, 0.4) is 0 Å². The van der Waals surface area contributed by atoms with Crippen molar-refractivity contribution in [2.45, 2.75) is 0 Å². The van der Waals surface area contributed by atoms with Crippen molar-refractivity contribution < 1.29 is 9.21 Å². The summed E-state index contributed by atoms with van der Waals surface area (Å²) >= 11 is 4.28. The Balaban J connectivity index is 1.76. The van der Waals surface area contributed by atoms with Gasteiger partial charge >= 0.3 is 0 Å². The van der Waals surface area contributed by atoms with E-state index in [9.17, 15) is 4.79 Å². The number of halogens is 1. The van der Waals surface area contributed by atoms with Crippen LogP contribution in [-0.2, 0) is 0 Å². The predicted molar refractivity (Wildman–Crippen MR) is 79.7 cm³/mol. The Bertz CT molecular complexity index is 739. The first-order chi connectivity index (χ1) is 9.72. The van der Waals surface area contributed by atoms with Crippen molar-refractivity contribution >= 4 is 38.5 Å². The topological polar surface area (TPSA) is 68.0 Å². The molecule has 5 nitrogen and oxygen atoms in total. The lowest BCUT2D eigenvalue weighted by Gasteiger charge is -1.96. The maximum Gasteiger partial charge on any atom is 0.293 e. The fraction of sp³-hybridized carbons (Fsp3) is 0. The van der Waals surface area contributed by atoms with E-state index in [-0.39, 0.29) is 11.7 Å². The molecular weight excluding hydrogens is 342 g/mol. The predicted octanol–water partition coefficient (Wildman–Crippen LogP) is 3.81. The molecule has 0 radical (unpaired) electrons. The molecule has 20 heavy (non-hydrogen) atoms. The third-order valence-electron chi connectivity index (χ3n) is 2.48. The van der Waals surface area contributed by atoms with Gasteiger partial charge in [-0.1, -0.05) is 30.3 Å². The molecule has 3 aromatic rings. The third-order valence-corrected chi connectivity index (χ3v) is 3.53. The van der Waals surface area contributed by atoms with Crippen molar-refractivity contribution in [2.24, 2.45) is 0 Å². The lowest BCUT2D eigenvalue weighted by Crippen LogP contribution is -2.10. The van der Waals surface area contributed by atoms with Crippen LogP contribution in [-0.4, -0.2) is 15.3 Å². The number of amides is 1. The third kappa shape index (κ3) is 2.78. The number of hydrogen-bond acceptors (Lipinski definition) is 5. The fourth-order valence-electron chi connectivity index (χ4n) is 1.57. The molecule has 0 aliphatic carbocycles. The van der Waals surface area contributed by atoms with E-state index >= 15 is 0 Å². The molecule has 0 saturated heterocycles. The first-order valence-electron chi connectivity index (χ1n) is 5.68. The summed E-state index contributed by atoms with van der Waals surface area (Å²) in [4.78, 5) is 16.2. The number of benzene rings is 1. The van der Waals surface area contributed by atoms with Gasteiger partial charge in [-0.15, -0.1) is 0 Å². The van der Waals surface area contributed by atoms with Crippen molar-refractivity contribution in [3.63, 3.8) is 0 Å². The summed E-state index contributed by atoms with van der Waals surface area (Å²) in [7, 11) is 0. The molecule has 100 valence electrons. The van der Waals surface area contributed by atoms with Crippen LogP contribution in [0.2, 0.25) is 0 Å². The number of nitrogens with zero attached hydrogens (tertiary/aromatic N) is 2. The van der Waals surface area contributed by atoms with Crippen molar-refractivity contribution in [3.05, 3.63) is 52.9 Å². The largest absolute Gasteiger partial charge is 0.444 e. The summed E-state index contributed by atoms with van der Waals surface area (Å²) in [5.41, 5.74) is 0.907. The number of hydrogen-bond donors (Lipinski definition) is 1. The fourth-order valence-corrected chi connectivity index (χ4v) is 2.47. The van der Waals surface area contributed by atoms with Crippen LogP contribution in [0.4, 0.5) is 5.13 Å². The Morgan fingerprint density at radius 3 is 2.70 bits per heavy atom. The molecule has 0 aliphatic heterocycles. The Kier molecular flexibility index (Phi) is 3.62. The number of carbonyl (C=O) groups is 1. The van der Waals surface area contributed by atoms with Gasteiger partial charge in [0.05, 0.1) is 0 Å². The summed E-state index contributed by atoms with van der Waals surface area (Å²) < 4.78 is 9.89. The minimum atomic E-state index is -0.355. The Morgan fingerprint density at radius 2 is 2.00 bits per heavy atom. The van der Waals surface area contributed by atoms with Crippen LogP contribution in [0.5, 0.6) is 0 Å². The van der Waals surface area contributed by atoms with E-state index < -0.39 is 0 Å². The summed E-state index contributed by atoms with van der Waals surface area (Å²) in [6, 6.07) is 12.8. The Labute approximate surface area is 127 Å². The quantitative estimate of drug-likeness (QED) is 0.780. The van der Waals surface area contributed by atoms with E-state index in [0.29, 0.717) is 15.6 Å². The zero-order valence-electron chi connectivity index (χ0n) is 10.0. The smallest absolute Gasteiger partial charge is 0.293 e. The average Bonchev–Trinajstić information content (AvgIpc) is 3.09. The number of furan rings is 1. The minimum Gasteiger partial charge on any atom is -0.444 e. The first-order valence-corrected chi connectivity index (χ1v) is 7.25. The maximum atomic E-state index is 11.9. The van der Waals surface area contributed by atoms with Gasteiger partial charge < -0.3 is 4.42 Å². The Hall–Kier alpha value is -1.99. The van der Waals surface area contributed by atoms with E-state index in [1.54, 1.807) is 12.1 Å². The van der Waals surface area contributed by atoms with Gasteiger partial charge in [0.25, 0.3) is 5.91 Å². The molecule has 1 aromatic carbocycles. The lowest BCUT2D eigenvalue weighted by atomic mass is 10.2. The number of aromatic nitrogens is 2. The van der Waals surface area contributed by atoms with Gasteiger partial charge in [0.15, 0.2) is 16.3 Å². The van der Waals surface area contributed by atoms with E-state index in [4.69, 9.17) is 4.42 Å². The number of anilines is 1. The van der Waals surface area contributed by atoms with E-state index in [1.165, 1.54) is 0 Å². The van der Waals surface area contributed by atoms with Gasteiger partial charge in [-0.3, -0.25) is 10.1 Å². The summed E-state index contributed by atoms with van der Waals surface area (Å²) in [5, 5.41) is 3.08. The SMILES string of the molecule is O=C(Nc1nc(-c2ccccc2)ns1)c1ccc(Br)o1. The summed E-state index contributed by atoms with van der Waals surface area (Å²) in [5.74, 6) is 0.450. The zero-order chi connectivity index (χ0) is 13.9. The molecule has 3 rings (SSSR count). The standard InChI is InChI=1S/C13H8BrN3O2S/c14-10-7-6-9(19-10)12(18)16-13-15-11(17-20-13)8-4-2-1-3-5-8/h1-7H,(H,15,16,17,18). The maximum absolute atomic E-state index is 11.9. The zero-order valence-corrected chi connectivity index (χ0v) is 12.4. The lowest BCUT2D eigenvalue weighted by molar-refractivity contribution is 0.0995. The molecule has 1 N–H and O–H groups in total. The normalized spacial score (nSPS) is 10.4. The molecular formula is C13H8BrN3O2S. The first kappa shape index (κ1) is 13.0. The monoisotopic (exact) mass is 349 g/mol. The van der Waals surface area contributed by atoms with Gasteiger partial charge in [0.1, 0.15) is 0 Å². The van der Waals surface area contributed by atoms with Gasteiger partial charge in [0.2, 0.25) is 5.13 Å². The summed E-state index contributed by atoms with van der Waals surface area (Å²) in [6.45, 7) is 0. The van der Waals surface area contributed by atoms with Crippen molar-refractivity contribution in [3.8, 4) is 11.4 Å². The molecule has 0 bridgehead atoms. The summed E-state index contributed by atoms with van der Waals surface area (Å²) in [6.07, 6.45) is 0. The second-order valence-corrected chi connectivity index (χ2v) is 5.38. The molecule has 0 unspecified atom stereocenters. The van der Waals surface area contributed by atoms with Crippen molar-refractivity contribution in [2.75, 3.05) is 5.32 Å². The molecule has 2 aromatic heterocycles. The van der Waals surface area contributed by atoms with Crippen molar-refractivity contribution in [1.29, 1.82) is 0 Å². The molecule has 0 aliphatic rings. The number of nitrogens with one attached hydrogen (secondary N) is 1. The molecule has 0 saturated carbocycles. The van der Waals surface area contributed by atoms with Crippen LogP contribution in [0.1, 0.15) is 10.6 Å². The average molecular weight is 350 g/mol. The minimum absolute atomic E-state index is 0.216.